The average Bonchev–Trinajstić information content (AvgIpc) is 3.21. The van der Waals surface area contributed by atoms with Crippen LogP contribution < -0.4 is 20.9 Å². The average molecular weight is 815 g/mol. The molecule has 0 spiro atoms. The molecule has 0 saturated carbocycles. The number of phenolic OH excluding ortho intramolecular Hbond substituents is 1. The summed E-state index contributed by atoms with van der Waals surface area (Å²) in [4.78, 5) is 30.5. The molecule has 2 unspecified atom stereocenters. The third-order valence-corrected chi connectivity index (χ3v) is 16.6. The zero-order chi connectivity index (χ0) is 41.6. The van der Waals surface area contributed by atoms with Crippen LogP contribution in [0.1, 0.15) is 62.8 Å². The van der Waals surface area contributed by atoms with E-state index >= 15 is 0 Å². The van der Waals surface area contributed by atoms with Crippen molar-refractivity contribution in [2.75, 3.05) is 38.1 Å². The number of rotatable bonds is 15. The van der Waals surface area contributed by atoms with E-state index in [9.17, 15) is 14.7 Å². The number of piperidine rings is 3. The quantitative estimate of drug-likeness (QED) is 0.0609. The lowest BCUT2D eigenvalue weighted by molar-refractivity contribution is -0.0289. The Hall–Kier alpha value is -5.20. The van der Waals surface area contributed by atoms with Gasteiger partial charge < -0.3 is 29.3 Å². The number of pyridine rings is 1. The van der Waals surface area contributed by atoms with Crippen molar-refractivity contribution in [3.05, 3.63) is 130 Å². The van der Waals surface area contributed by atoms with Gasteiger partial charge in [0.15, 0.2) is 8.32 Å². The Bertz CT molecular complexity index is 2310. The number of amides is 1. The van der Waals surface area contributed by atoms with Crippen molar-refractivity contribution in [2.45, 2.75) is 76.9 Å². The normalized spacial score (nSPS) is 18.6. The number of aromatic nitrogens is 1. The van der Waals surface area contributed by atoms with Gasteiger partial charge >= 0.3 is 6.09 Å². The maximum Gasteiger partial charge on any atom is 0.411 e. The van der Waals surface area contributed by atoms with E-state index in [1.54, 1.807) is 12.1 Å². The molecule has 3 aliphatic rings. The molecule has 3 saturated heterocycles. The molecule has 3 aliphatic heterocycles. The van der Waals surface area contributed by atoms with Crippen molar-refractivity contribution in [1.82, 2.24) is 15.2 Å². The van der Waals surface area contributed by atoms with Crippen molar-refractivity contribution in [3.8, 4) is 22.6 Å². The Morgan fingerprint density at radius 3 is 2.53 bits per heavy atom. The number of nitrogens with one attached hydrogen (secondary N) is 3. The van der Waals surface area contributed by atoms with Crippen molar-refractivity contribution in [1.29, 1.82) is 0 Å². The van der Waals surface area contributed by atoms with Crippen molar-refractivity contribution >= 4 is 37.1 Å². The Morgan fingerprint density at radius 1 is 0.983 bits per heavy atom. The summed E-state index contributed by atoms with van der Waals surface area (Å²) in [7, 11) is -2.20. The first-order chi connectivity index (χ1) is 28.3. The van der Waals surface area contributed by atoms with Crippen molar-refractivity contribution in [3.63, 3.8) is 0 Å². The van der Waals surface area contributed by atoms with Crippen LogP contribution >= 0.6 is 0 Å². The number of fused-ring (bicyclic) bond motifs is 4. The van der Waals surface area contributed by atoms with Gasteiger partial charge in [-0.2, -0.15) is 0 Å². The molecule has 3 fully saturated rings. The molecule has 10 nitrogen and oxygen atoms in total. The van der Waals surface area contributed by atoms with E-state index in [4.69, 9.17) is 13.9 Å². The first-order valence-corrected chi connectivity index (χ1v) is 23.7. The van der Waals surface area contributed by atoms with E-state index in [1.807, 2.05) is 60.7 Å². The van der Waals surface area contributed by atoms with E-state index in [1.165, 1.54) is 6.07 Å². The first kappa shape index (κ1) is 41.9. The molecule has 5 aromatic rings. The maximum atomic E-state index is 13.2. The highest BCUT2D eigenvalue weighted by atomic mass is 28.4. The monoisotopic (exact) mass is 814 g/mol. The molecule has 0 aliphatic carbocycles. The van der Waals surface area contributed by atoms with Crippen LogP contribution in [0.25, 0.3) is 28.1 Å². The number of anilines is 1. The predicted molar refractivity (Wildman–Crippen MR) is 239 cm³/mol. The molecular formula is C48H58N4O6Si. The van der Waals surface area contributed by atoms with Gasteiger partial charge in [-0.15, -0.1) is 0 Å². The fourth-order valence-corrected chi connectivity index (χ4v) is 9.08. The zero-order valence-corrected chi connectivity index (χ0v) is 35.9. The molecule has 2 bridgehead atoms. The van der Waals surface area contributed by atoms with E-state index in [-0.39, 0.29) is 28.6 Å². The fourth-order valence-electron chi connectivity index (χ4n) is 7.80. The lowest BCUT2D eigenvalue weighted by Crippen LogP contribution is -2.52. The highest BCUT2D eigenvalue weighted by Crippen LogP contribution is 2.41. The number of ether oxygens (including phenoxy) is 2. The topological polar surface area (TPSA) is 125 Å². The lowest BCUT2D eigenvalue weighted by atomic mass is 9.86. The summed E-state index contributed by atoms with van der Waals surface area (Å²) < 4.78 is 19.1. The second-order valence-electron chi connectivity index (χ2n) is 17.3. The number of benzene rings is 4. The minimum atomic E-state index is -2.20. The Kier molecular flexibility index (Phi) is 13.1. The number of carbonyl (C=O) groups excluding carboxylic acids is 1. The minimum absolute atomic E-state index is 0.0114. The van der Waals surface area contributed by atoms with Gasteiger partial charge in [-0.05, 0) is 109 Å². The maximum absolute atomic E-state index is 13.2. The second-order valence-corrected chi connectivity index (χ2v) is 22.1. The predicted octanol–water partition coefficient (Wildman–Crippen LogP) is 9.88. The van der Waals surface area contributed by atoms with Crippen LogP contribution in [0, 0.1) is 5.92 Å². The molecule has 4 N–H and O–H groups in total. The first-order valence-electron chi connectivity index (χ1n) is 20.8. The number of nitrogens with zero attached hydrogens (tertiary/aromatic N) is 1. The molecule has 2 atom stereocenters. The SMILES string of the molecule is CC(C)(C)[Si](C)(C)OC(CNCc1cccc(OCC/C=C/c2ccc(-c3ccccc3)c(NC(=O)OC3CN4CCC3CC4)c2)c1)c1ccc(O)c2[nH]c(=O)ccc12. The minimum Gasteiger partial charge on any atom is -0.506 e. The van der Waals surface area contributed by atoms with Gasteiger partial charge in [0.05, 0.1) is 23.9 Å². The zero-order valence-electron chi connectivity index (χ0n) is 34.9. The third-order valence-electron chi connectivity index (χ3n) is 12.1. The number of phenols is 1. The van der Waals surface area contributed by atoms with Gasteiger partial charge in [0.1, 0.15) is 17.6 Å². The van der Waals surface area contributed by atoms with Crippen LogP contribution in [0.2, 0.25) is 18.1 Å². The molecule has 8 rings (SSSR count). The van der Waals surface area contributed by atoms with Crippen LogP contribution in [0.5, 0.6) is 11.5 Å². The summed E-state index contributed by atoms with van der Waals surface area (Å²) in [6.07, 6.45) is 6.24. The fraction of sp³-hybridized carbons (Fsp3) is 0.375. The van der Waals surface area contributed by atoms with Crippen molar-refractivity contribution in [2.24, 2.45) is 5.92 Å². The Balaban J connectivity index is 0.956. The van der Waals surface area contributed by atoms with Gasteiger partial charge in [-0.3, -0.25) is 15.0 Å². The molecule has 4 aromatic carbocycles. The molecule has 4 heterocycles. The number of aromatic hydroxyl groups is 1. The Morgan fingerprint density at radius 2 is 1.78 bits per heavy atom. The van der Waals surface area contributed by atoms with E-state index in [0.717, 1.165) is 77.1 Å². The van der Waals surface area contributed by atoms with E-state index in [0.29, 0.717) is 37.6 Å². The Labute approximate surface area is 348 Å². The standard InChI is InChI=1S/C48H58N4O6Si/c1-48(2,3)59(4,5)58-43(39-19-21-42(53)46-40(39)20-22-45(54)51-46)31-49-30-34-13-11-16-37(28-34)56-27-10-9-12-33-17-18-38(35-14-7-6-8-15-35)41(29-33)50-47(55)57-44-32-52-25-23-36(44)24-26-52/h6-9,11-22,28-29,36,43-44,49,53H,10,23-27,30-32H2,1-5H3,(H,50,55)(H,51,54)/b12-9+. The summed E-state index contributed by atoms with van der Waals surface area (Å²) >= 11 is 0. The highest BCUT2D eigenvalue weighted by molar-refractivity contribution is 6.74. The second kappa shape index (κ2) is 18.4. The van der Waals surface area contributed by atoms with E-state index in [2.05, 4.69) is 84.7 Å². The molecule has 1 amide bonds. The van der Waals surface area contributed by atoms with E-state index < -0.39 is 14.4 Å². The summed E-state index contributed by atoms with van der Waals surface area (Å²) in [5, 5.41) is 18.0. The molecule has 1 aromatic heterocycles. The molecule has 0 radical (unpaired) electrons. The summed E-state index contributed by atoms with van der Waals surface area (Å²) in [6, 6.07) is 31.0. The van der Waals surface area contributed by atoms with Gasteiger partial charge in [0, 0.05) is 36.7 Å². The van der Waals surface area contributed by atoms with Crippen LogP contribution in [-0.2, 0) is 15.7 Å². The number of hydrogen-bond donors (Lipinski definition) is 4. The van der Waals surface area contributed by atoms with Gasteiger partial charge in [-0.1, -0.05) is 93.6 Å². The van der Waals surface area contributed by atoms with Gasteiger partial charge in [0.2, 0.25) is 5.56 Å². The van der Waals surface area contributed by atoms with Crippen LogP contribution in [0.15, 0.2) is 108 Å². The van der Waals surface area contributed by atoms with Crippen LogP contribution in [-0.4, -0.2) is 68.3 Å². The number of H-pyrrole nitrogens is 1. The van der Waals surface area contributed by atoms with Gasteiger partial charge in [-0.25, -0.2) is 4.79 Å². The summed E-state index contributed by atoms with van der Waals surface area (Å²) in [5.41, 5.74) is 5.80. The van der Waals surface area contributed by atoms with Gasteiger partial charge in [0.25, 0.3) is 0 Å². The highest BCUT2D eigenvalue weighted by Gasteiger charge is 2.40. The number of aromatic amines is 1. The lowest BCUT2D eigenvalue weighted by Gasteiger charge is -2.43. The largest absolute Gasteiger partial charge is 0.506 e. The van der Waals surface area contributed by atoms with Crippen LogP contribution in [0.4, 0.5) is 10.5 Å². The molecule has 310 valence electrons. The molecular weight excluding hydrogens is 757 g/mol. The number of hydrogen-bond acceptors (Lipinski definition) is 8. The van der Waals surface area contributed by atoms with Crippen LogP contribution in [0.3, 0.4) is 0 Å². The summed E-state index contributed by atoms with van der Waals surface area (Å²) in [6.45, 7) is 15.8. The molecule has 59 heavy (non-hydrogen) atoms. The van der Waals surface area contributed by atoms with Crippen molar-refractivity contribution < 1.29 is 23.8 Å². The number of carbonyl (C=O) groups is 1. The molecule has 11 heteroatoms. The smallest absolute Gasteiger partial charge is 0.411 e. The summed E-state index contributed by atoms with van der Waals surface area (Å²) in [5.74, 6) is 1.26. The third kappa shape index (κ3) is 10.5.